The van der Waals surface area contributed by atoms with Crippen LogP contribution in [-0.4, -0.2) is 75.5 Å². The third kappa shape index (κ3) is 5.44. The molecule has 0 saturated carbocycles. The maximum Gasteiger partial charge on any atom is 0.247 e. The van der Waals surface area contributed by atoms with E-state index in [1.807, 2.05) is 31.5 Å². The number of aromatic amines is 1. The van der Waals surface area contributed by atoms with Gasteiger partial charge in [-0.05, 0) is 61.0 Å². The molecule has 0 atom stereocenters. The summed E-state index contributed by atoms with van der Waals surface area (Å²) in [7, 11) is 2.16. The first-order chi connectivity index (χ1) is 20.4. The van der Waals surface area contributed by atoms with Crippen molar-refractivity contribution in [3.8, 4) is 33.5 Å². The van der Waals surface area contributed by atoms with Crippen molar-refractivity contribution in [1.82, 2.24) is 24.6 Å². The minimum Gasteiger partial charge on any atom is -0.394 e. The normalized spacial score (nSPS) is 13.9. The second-order valence-electron chi connectivity index (χ2n) is 10.8. The number of amides is 1. The van der Waals surface area contributed by atoms with E-state index >= 15 is 0 Å². The largest absolute Gasteiger partial charge is 0.394 e. The number of carbonyl (C=O) groups excluding carboxylic acids is 1. The average Bonchev–Trinajstić information content (AvgIpc) is 3.63. The van der Waals surface area contributed by atoms with Gasteiger partial charge in [0.15, 0.2) is 0 Å². The number of nitrogens with one attached hydrogen (secondary N) is 2. The Morgan fingerprint density at radius 3 is 2.52 bits per heavy atom. The summed E-state index contributed by atoms with van der Waals surface area (Å²) in [6, 6.07) is 16.9. The molecule has 1 aliphatic rings. The standard InChI is InChI=1S/C33H35N7O2/c1-4-30(42)36-29-18-24(6-5-22(29)2)31-28-17-25(26-20-35-40(21-26)15-16-41)19-34-33(28)37-32(31)23-7-9-27(10-8-23)39-13-11-38(3)12-14-39/h4-10,17-21,41H,1,11-16H2,2-3H3,(H,34,37)(H,36,42). The maximum absolute atomic E-state index is 12.2. The highest BCUT2D eigenvalue weighted by atomic mass is 16.3. The Balaban J connectivity index is 1.47. The summed E-state index contributed by atoms with van der Waals surface area (Å²) in [5, 5.41) is 17.6. The highest BCUT2D eigenvalue weighted by molar-refractivity contribution is 6.05. The van der Waals surface area contributed by atoms with Gasteiger partial charge >= 0.3 is 0 Å². The van der Waals surface area contributed by atoms with Gasteiger partial charge in [-0.3, -0.25) is 9.48 Å². The highest BCUT2D eigenvalue weighted by Gasteiger charge is 2.20. The van der Waals surface area contributed by atoms with Gasteiger partial charge in [0.25, 0.3) is 0 Å². The number of benzene rings is 2. The number of hydrogen-bond donors (Lipinski definition) is 3. The van der Waals surface area contributed by atoms with Crippen molar-refractivity contribution in [1.29, 1.82) is 0 Å². The van der Waals surface area contributed by atoms with Crippen LogP contribution < -0.4 is 10.2 Å². The van der Waals surface area contributed by atoms with Crippen LogP contribution in [0.15, 0.2) is 79.8 Å². The number of hydrogen-bond acceptors (Lipinski definition) is 6. The van der Waals surface area contributed by atoms with E-state index in [4.69, 9.17) is 4.98 Å². The van der Waals surface area contributed by atoms with Gasteiger partial charge in [0.2, 0.25) is 5.91 Å². The second kappa shape index (κ2) is 11.6. The molecule has 9 heteroatoms. The van der Waals surface area contributed by atoms with Gasteiger partial charge in [-0.15, -0.1) is 0 Å². The summed E-state index contributed by atoms with van der Waals surface area (Å²) >= 11 is 0. The van der Waals surface area contributed by atoms with E-state index in [0.29, 0.717) is 6.54 Å². The molecule has 3 N–H and O–H groups in total. The quantitative estimate of drug-likeness (QED) is 0.232. The van der Waals surface area contributed by atoms with Crippen molar-refractivity contribution in [2.24, 2.45) is 0 Å². The first-order valence-corrected chi connectivity index (χ1v) is 14.2. The van der Waals surface area contributed by atoms with Crippen LogP contribution in [-0.2, 0) is 11.3 Å². The van der Waals surface area contributed by atoms with Crippen LogP contribution >= 0.6 is 0 Å². The van der Waals surface area contributed by atoms with Crippen molar-refractivity contribution in [3.05, 3.63) is 85.3 Å². The number of piperazine rings is 1. The number of aromatic nitrogens is 4. The number of carbonyl (C=O) groups is 1. The molecular weight excluding hydrogens is 526 g/mol. The molecule has 1 aliphatic heterocycles. The third-order valence-electron chi connectivity index (χ3n) is 7.94. The number of rotatable bonds is 8. The van der Waals surface area contributed by atoms with Crippen LogP contribution in [0, 0.1) is 6.92 Å². The summed E-state index contributed by atoms with van der Waals surface area (Å²) in [6.45, 7) is 10.2. The number of fused-ring (bicyclic) bond motifs is 1. The lowest BCUT2D eigenvalue weighted by atomic mass is 9.96. The molecule has 0 aliphatic carbocycles. The molecule has 0 spiro atoms. The summed E-state index contributed by atoms with van der Waals surface area (Å²) in [5.41, 5.74) is 9.50. The molecule has 42 heavy (non-hydrogen) atoms. The SMILES string of the molecule is C=CC(=O)Nc1cc(-c2c(-c3ccc(N4CCN(C)CC4)cc3)[nH]c3ncc(-c4cnn(CCO)c4)cc23)ccc1C. The second-order valence-corrected chi connectivity index (χ2v) is 10.8. The molecule has 0 unspecified atom stereocenters. The van der Waals surface area contributed by atoms with Crippen LogP contribution in [0.1, 0.15) is 5.56 Å². The molecule has 6 rings (SSSR count). The predicted molar refractivity (Wildman–Crippen MR) is 169 cm³/mol. The van der Waals surface area contributed by atoms with Crippen molar-refractivity contribution < 1.29 is 9.90 Å². The fourth-order valence-electron chi connectivity index (χ4n) is 5.48. The maximum atomic E-state index is 12.2. The summed E-state index contributed by atoms with van der Waals surface area (Å²) < 4.78 is 1.72. The van der Waals surface area contributed by atoms with Crippen LogP contribution in [0.4, 0.5) is 11.4 Å². The smallest absolute Gasteiger partial charge is 0.247 e. The van der Waals surface area contributed by atoms with E-state index in [1.54, 1.807) is 10.9 Å². The Labute approximate surface area is 245 Å². The number of pyridine rings is 1. The van der Waals surface area contributed by atoms with Crippen LogP contribution in [0.5, 0.6) is 0 Å². The number of nitrogens with zero attached hydrogens (tertiary/aromatic N) is 5. The summed E-state index contributed by atoms with van der Waals surface area (Å²) in [6.07, 6.45) is 6.82. The molecule has 5 aromatic rings. The van der Waals surface area contributed by atoms with Crippen LogP contribution in [0.2, 0.25) is 0 Å². The number of aryl methyl sites for hydroxylation is 1. The van der Waals surface area contributed by atoms with Crippen molar-refractivity contribution in [2.75, 3.05) is 50.1 Å². The fourth-order valence-corrected chi connectivity index (χ4v) is 5.48. The Morgan fingerprint density at radius 2 is 1.79 bits per heavy atom. The van der Waals surface area contributed by atoms with E-state index in [9.17, 15) is 9.90 Å². The minimum absolute atomic E-state index is 0.0233. The molecule has 0 radical (unpaired) electrons. The van der Waals surface area contributed by atoms with Gasteiger partial charge in [-0.2, -0.15) is 5.10 Å². The number of H-pyrrole nitrogens is 1. The van der Waals surface area contributed by atoms with Gasteiger partial charge in [-0.25, -0.2) is 4.98 Å². The minimum atomic E-state index is -0.252. The number of aliphatic hydroxyl groups excluding tert-OH is 1. The zero-order valence-electron chi connectivity index (χ0n) is 24.0. The van der Waals surface area contributed by atoms with Gasteiger partial charge in [0, 0.05) is 72.0 Å². The lowest BCUT2D eigenvalue weighted by molar-refractivity contribution is -0.111. The van der Waals surface area contributed by atoms with Gasteiger partial charge < -0.3 is 25.2 Å². The molecule has 214 valence electrons. The highest BCUT2D eigenvalue weighted by Crippen LogP contribution is 2.40. The zero-order valence-corrected chi connectivity index (χ0v) is 24.0. The average molecular weight is 562 g/mol. The lowest BCUT2D eigenvalue weighted by Crippen LogP contribution is -2.44. The van der Waals surface area contributed by atoms with Crippen molar-refractivity contribution in [3.63, 3.8) is 0 Å². The molecular formula is C33H35N7O2. The molecule has 4 heterocycles. The molecule has 0 bridgehead atoms. The molecule has 1 fully saturated rings. The molecule has 9 nitrogen and oxygen atoms in total. The number of aliphatic hydroxyl groups is 1. The zero-order chi connectivity index (χ0) is 29.2. The van der Waals surface area contributed by atoms with E-state index in [0.717, 1.165) is 82.0 Å². The van der Waals surface area contributed by atoms with Crippen molar-refractivity contribution in [2.45, 2.75) is 13.5 Å². The predicted octanol–water partition coefficient (Wildman–Crippen LogP) is 4.94. The van der Waals surface area contributed by atoms with Crippen LogP contribution in [0.3, 0.4) is 0 Å². The molecule has 2 aromatic carbocycles. The fraction of sp³-hybridized carbons (Fsp3) is 0.242. The number of anilines is 2. The van der Waals surface area contributed by atoms with Crippen molar-refractivity contribution >= 4 is 28.3 Å². The summed E-state index contributed by atoms with van der Waals surface area (Å²) in [5.74, 6) is -0.252. The molecule has 3 aromatic heterocycles. The van der Waals surface area contributed by atoms with E-state index < -0.39 is 0 Å². The van der Waals surface area contributed by atoms with E-state index in [1.165, 1.54) is 11.8 Å². The number of likely N-dealkylation sites (N-methyl/N-ethyl adjacent to an activating group) is 1. The van der Waals surface area contributed by atoms with E-state index in [2.05, 4.69) is 75.2 Å². The van der Waals surface area contributed by atoms with Gasteiger partial charge in [0.05, 0.1) is 25.0 Å². The topological polar surface area (TPSA) is 102 Å². The van der Waals surface area contributed by atoms with Gasteiger partial charge in [0.1, 0.15) is 5.65 Å². The Kier molecular flexibility index (Phi) is 7.60. The molecule has 1 saturated heterocycles. The third-order valence-corrected chi connectivity index (χ3v) is 7.94. The Morgan fingerprint density at radius 1 is 1.02 bits per heavy atom. The van der Waals surface area contributed by atoms with Gasteiger partial charge in [-0.1, -0.05) is 30.8 Å². The summed E-state index contributed by atoms with van der Waals surface area (Å²) in [4.78, 5) is 25.4. The first kappa shape index (κ1) is 27.4. The monoisotopic (exact) mass is 561 g/mol. The molecule has 1 amide bonds. The van der Waals surface area contributed by atoms with E-state index in [-0.39, 0.29) is 12.5 Å². The lowest BCUT2D eigenvalue weighted by Gasteiger charge is -2.34. The van der Waals surface area contributed by atoms with Crippen LogP contribution in [0.25, 0.3) is 44.5 Å². The Hall–Kier alpha value is -4.73. The first-order valence-electron chi connectivity index (χ1n) is 14.2. The Bertz CT molecular complexity index is 1740.